The van der Waals surface area contributed by atoms with Gasteiger partial charge >= 0.3 is 5.97 Å². The Bertz CT molecular complexity index is 1850. The number of hydrogen-bond acceptors (Lipinski definition) is 6. The van der Waals surface area contributed by atoms with E-state index in [-0.39, 0.29) is 12.2 Å². The average molecular weight is 593 g/mol. The van der Waals surface area contributed by atoms with E-state index in [2.05, 4.69) is 32.6 Å². The zero-order chi connectivity index (χ0) is 30.5. The SMILES string of the molecule is C=CCc1cc(/C=c2/sc3n(c2=O)[C@H](c2ccc(C(C)C)cc2)C(C(=O)OCC)=C(C)N=3)ccc1OCc1ccccc1. The molecule has 0 amide bonds. The summed E-state index contributed by atoms with van der Waals surface area (Å²) in [4.78, 5) is 32.4. The van der Waals surface area contributed by atoms with E-state index in [9.17, 15) is 9.59 Å². The van der Waals surface area contributed by atoms with Gasteiger partial charge in [0.15, 0.2) is 4.80 Å². The Morgan fingerprint density at radius 2 is 1.84 bits per heavy atom. The minimum absolute atomic E-state index is 0.203. The molecule has 0 bridgehead atoms. The number of carbonyl (C=O) groups excluding carboxylic acids is 1. The van der Waals surface area contributed by atoms with Gasteiger partial charge in [-0.2, -0.15) is 0 Å². The number of hydrogen-bond donors (Lipinski definition) is 0. The summed E-state index contributed by atoms with van der Waals surface area (Å²) in [6.07, 6.45) is 4.34. The van der Waals surface area contributed by atoms with Crippen LogP contribution in [-0.2, 0) is 22.6 Å². The first-order valence-electron chi connectivity index (χ1n) is 14.5. The Morgan fingerprint density at radius 1 is 1.09 bits per heavy atom. The van der Waals surface area contributed by atoms with Crippen LogP contribution < -0.4 is 19.6 Å². The van der Waals surface area contributed by atoms with E-state index in [4.69, 9.17) is 14.5 Å². The van der Waals surface area contributed by atoms with Crippen molar-refractivity contribution in [2.24, 2.45) is 4.99 Å². The van der Waals surface area contributed by atoms with Crippen LogP contribution in [-0.4, -0.2) is 17.1 Å². The molecule has 1 aliphatic heterocycles. The predicted octanol–water partition coefficient (Wildman–Crippen LogP) is 6.23. The molecule has 1 aliphatic rings. The standard InChI is InChI=1S/C36H36N2O4S/c1-6-11-29-20-26(14-19-30(29)42-22-25-12-9-8-10-13-25)21-31-34(39)38-33(28-17-15-27(16-18-28)23(3)4)32(35(40)41-7-2)24(5)37-36(38)43-31/h6,8-10,12-21,23,33H,1,7,11,22H2,2-5H3/b31-21+/t33-/m1/s1. The van der Waals surface area contributed by atoms with Gasteiger partial charge in [0.25, 0.3) is 5.56 Å². The highest BCUT2D eigenvalue weighted by molar-refractivity contribution is 7.07. The maximum absolute atomic E-state index is 14.0. The molecule has 0 saturated heterocycles. The second kappa shape index (κ2) is 13.2. The van der Waals surface area contributed by atoms with Gasteiger partial charge in [-0.1, -0.05) is 91.9 Å². The van der Waals surface area contributed by atoms with Gasteiger partial charge in [-0.3, -0.25) is 9.36 Å². The van der Waals surface area contributed by atoms with Crippen molar-refractivity contribution < 1.29 is 14.3 Å². The van der Waals surface area contributed by atoms with Crippen molar-refractivity contribution in [1.82, 2.24) is 4.57 Å². The number of thiazole rings is 1. The lowest BCUT2D eigenvalue weighted by atomic mass is 9.93. The summed E-state index contributed by atoms with van der Waals surface area (Å²) in [7, 11) is 0. The summed E-state index contributed by atoms with van der Waals surface area (Å²) >= 11 is 1.32. The van der Waals surface area contributed by atoms with E-state index in [0.717, 1.165) is 28.0 Å². The molecule has 4 aromatic rings. The number of benzene rings is 3. The summed E-state index contributed by atoms with van der Waals surface area (Å²) in [6.45, 7) is 12.4. The molecule has 3 aromatic carbocycles. The molecule has 0 unspecified atom stereocenters. The summed E-state index contributed by atoms with van der Waals surface area (Å²) in [5, 5.41) is 0. The second-order valence-electron chi connectivity index (χ2n) is 10.8. The fraction of sp³-hybridized carbons (Fsp3) is 0.250. The van der Waals surface area contributed by atoms with Gasteiger partial charge in [-0.05, 0) is 72.2 Å². The summed E-state index contributed by atoms with van der Waals surface area (Å²) in [5.41, 5.74) is 5.69. The van der Waals surface area contributed by atoms with Crippen molar-refractivity contribution in [3.8, 4) is 5.75 Å². The molecule has 0 spiro atoms. The molecule has 6 nitrogen and oxygen atoms in total. The third-order valence-corrected chi connectivity index (χ3v) is 8.40. The lowest BCUT2D eigenvalue weighted by molar-refractivity contribution is -0.139. The first kappa shape index (κ1) is 30.0. The third kappa shape index (κ3) is 6.47. The second-order valence-corrected chi connectivity index (χ2v) is 11.8. The first-order valence-corrected chi connectivity index (χ1v) is 15.3. The van der Waals surface area contributed by atoms with Crippen LogP contribution in [0.15, 0.2) is 107 Å². The normalized spacial score (nSPS) is 14.8. The summed E-state index contributed by atoms with van der Waals surface area (Å²) in [6, 6.07) is 23.4. The van der Waals surface area contributed by atoms with Crippen LogP contribution in [0.5, 0.6) is 5.75 Å². The maximum atomic E-state index is 14.0. The van der Waals surface area contributed by atoms with E-state index in [1.807, 2.05) is 72.8 Å². The number of fused-ring (bicyclic) bond motifs is 1. The van der Waals surface area contributed by atoms with Crippen LogP contribution in [0.4, 0.5) is 0 Å². The highest BCUT2D eigenvalue weighted by Crippen LogP contribution is 2.31. The highest BCUT2D eigenvalue weighted by atomic mass is 32.1. The molecule has 1 atom stereocenters. The molecular weight excluding hydrogens is 556 g/mol. The summed E-state index contributed by atoms with van der Waals surface area (Å²) in [5.74, 6) is 0.678. The van der Waals surface area contributed by atoms with Gasteiger partial charge in [0.1, 0.15) is 12.4 Å². The average Bonchev–Trinajstić information content (AvgIpc) is 3.30. The quantitative estimate of drug-likeness (QED) is 0.162. The van der Waals surface area contributed by atoms with E-state index >= 15 is 0 Å². The Morgan fingerprint density at radius 3 is 2.51 bits per heavy atom. The van der Waals surface area contributed by atoms with Crippen LogP contribution in [0, 0.1) is 0 Å². The molecule has 0 fully saturated rings. The maximum Gasteiger partial charge on any atom is 0.338 e. The van der Waals surface area contributed by atoms with Gasteiger partial charge in [0.2, 0.25) is 0 Å². The number of carbonyl (C=O) groups is 1. The Labute approximate surface area is 256 Å². The molecule has 1 aromatic heterocycles. The largest absolute Gasteiger partial charge is 0.489 e. The van der Waals surface area contributed by atoms with Gasteiger partial charge in [-0.25, -0.2) is 9.79 Å². The van der Waals surface area contributed by atoms with Crippen LogP contribution in [0.2, 0.25) is 0 Å². The zero-order valence-corrected chi connectivity index (χ0v) is 25.8. The molecule has 0 aliphatic carbocycles. The van der Waals surface area contributed by atoms with Crippen LogP contribution in [0.25, 0.3) is 6.08 Å². The third-order valence-electron chi connectivity index (χ3n) is 7.42. The van der Waals surface area contributed by atoms with Crippen molar-refractivity contribution >= 4 is 23.4 Å². The molecule has 43 heavy (non-hydrogen) atoms. The Hall–Kier alpha value is -4.49. The number of ether oxygens (including phenoxy) is 2. The number of rotatable bonds is 10. The van der Waals surface area contributed by atoms with Gasteiger partial charge in [0, 0.05) is 0 Å². The fourth-order valence-electron chi connectivity index (χ4n) is 5.20. The van der Waals surface area contributed by atoms with Gasteiger partial charge in [0.05, 0.1) is 28.5 Å². The van der Waals surface area contributed by atoms with Crippen LogP contribution in [0.1, 0.15) is 67.5 Å². The van der Waals surface area contributed by atoms with Crippen molar-refractivity contribution in [2.75, 3.05) is 6.61 Å². The minimum atomic E-state index is -0.635. The van der Waals surface area contributed by atoms with Crippen molar-refractivity contribution in [1.29, 1.82) is 0 Å². The van der Waals surface area contributed by atoms with Gasteiger partial charge in [-0.15, -0.1) is 6.58 Å². The van der Waals surface area contributed by atoms with E-state index < -0.39 is 12.0 Å². The molecule has 5 rings (SSSR count). The molecule has 0 radical (unpaired) electrons. The van der Waals surface area contributed by atoms with E-state index in [0.29, 0.717) is 39.5 Å². The number of nitrogens with zero attached hydrogens (tertiary/aromatic N) is 2. The Kier molecular flexibility index (Phi) is 9.22. The summed E-state index contributed by atoms with van der Waals surface area (Å²) < 4.78 is 13.7. The Balaban J connectivity index is 1.57. The first-order chi connectivity index (χ1) is 20.8. The minimum Gasteiger partial charge on any atom is -0.489 e. The molecule has 0 saturated carbocycles. The number of esters is 1. The number of allylic oxidation sites excluding steroid dienone is 2. The molecule has 0 N–H and O–H groups in total. The predicted molar refractivity (Wildman–Crippen MR) is 172 cm³/mol. The lowest BCUT2D eigenvalue weighted by Crippen LogP contribution is -2.39. The van der Waals surface area contributed by atoms with E-state index in [1.54, 1.807) is 18.4 Å². The monoisotopic (exact) mass is 592 g/mol. The molecule has 220 valence electrons. The van der Waals surface area contributed by atoms with Crippen molar-refractivity contribution in [3.05, 3.63) is 144 Å². The lowest BCUT2D eigenvalue weighted by Gasteiger charge is -2.25. The smallest absolute Gasteiger partial charge is 0.338 e. The van der Waals surface area contributed by atoms with Crippen molar-refractivity contribution in [2.45, 2.75) is 52.7 Å². The van der Waals surface area contributed by atoms with E-state index in [1.165, 1.54) is 16.9 Å². The number of aromatic nitrogens is 1. The van der Waals surface area contributed by atoms with Crippen molar-refractivity contribution in [3.63, 3.8) is 0 Å². The molecule has 7 heteroatoms. The van der Waals surface area contributed by atoms with Crippen LogP contribution >= 0.6 is 11.3 Å². The topological polar surface area (TPSA) is 69.9 Å². The zero-order valence-electron chi connectivity index (χ0n) is 25.0. The molecular formula is C36H36N2O4S. The van der Waals surface area contributed by atoms with Crippen LogP contribution in [0.3, 0.4) is 0 Å². The molecule has 2 heterocycles. The van der Waals surface area contributed by atoms with Gasteiger partial charge < -0.3 is 9.47 Å². The highest BCUT2D eigenvalue weighted by Gasteiger charge is 2.33. The fourth-order valence-corrected chi connectivity index (χ4v) is 6.25.